The Morgan fingerprint density at radius 1 is 1.29 bits per heavy atom. The maximum Gasteiger partial charge on any atom is 0.407 e. The van der Waals surface area contributed by atoms with Crippen LogP contribution in [0.25, 0.3) is 0 Å². The molecule has 1 rings (SSSR count). The lowest BCUT2D eigenvalue weighted by atomic mass is 10.1. The average Bonchev–Trinajstić information content (AvgIpc) is 2.33. The van der Waals surface area contributed by atoms with E-state index < -0.39 is 17.5 Å². The van der Waals surface area contributed by atoms with Crippen molar-refractivity contribution in [3.8, 4) is 5.75 Å². The van der Waals surface area contributed by atoms with Crippen LogP contribution in [0, 0.1) is 5.82 Å². The van der Waals surface area contributed by atoms with Crippen LogP contribution in [0.4, 0.5) is 9.18 Å². The van der Waals surface area contributed by atoms with Gasteiger partial charge in [0.15, 0.2) is 17.3 Å². The smallest absolute Gasteiger partial charge is 0.407 e. The predicted octanol–water partition coefficient (Wildman–Crippen LogP) is 2.93. The molecule has 116 valence electrons. The number of halogens is 1. The molecule has 1 amide bonds. The zero-order valence-electron chi connectivity index (χ0n) is 12.7. The Hall–Kier alpha value is -2.11. The fraction of sp³-hybridized carbons (Fsp3) is 0.467. The quantitative estimate of drug-likeness (QED) is 0.670. The molecule has 0 aliphatic heterocycles. The summed E-state index contributed by atoms with van der Waals surface area (Å²) in [6.45, 7) is 6.91. The number of hydrogen-bond donors (Lipinski definition) is 1. The molecule has 0 spiro atoms. The van der Waals surface area contributed by atoms with E-state index in [4.69, 9.17) is 9.47 Å². The van der Waals surface area contributed by atoms with Crippen molar-refractivity contribution in [2.75, 3.05) is 13.2 Å². The van der Waals surface area contributed by atoms with Gasteiger partial charge in [0.05, 0.1) is 6.54 Å². The first-order valence-corrected chi connectivity index (χ1v) is 6.59. The van der Waals surface area contributed by atoms with Gasteiger partial charge in [-0.3, -0.25) is 4.79 Å². The van der Waals surface area contributed by atoms with Crippen molar-refractivity contribution in [2.24, 2.45) is 0 Å². The number of carbonyl (C=O) groups excluding carboxylic acids is 2. The minimum atomic E-state index is -0.611. The summed E-state index contributed by atoms with van der Waals surface area (Å²) < 4.78 is 23.9. The van der Waals surface area contributed by atoms with Crippen molar-refractivity contribution >= 4 is 11.9 Å². The molecule has 0 atom stereocenters. The highest BCUT2D eigenvalue weighted by Gasteiger charge is 2.15. The highest BCUT2D eigenvalue weighted by atomic mass is 19.1. The standard InChI is InChI=1S/C15H20FNO4/c1-10(18)11-5-6-13(12(16)9-11)20-8-7-17-14(19)21-15(2,3)4/h5-6,9H,7-8H2,1-4H3,(H,17,19). The number of alkyl carbamates (subject to hydrolysis) is 1. The van der Waals surface area contributed by atoms with Gasteiger partial charge in [0.1, 0.15) is 12.2 Å². The summed E-state index contributed by atoms with van der Waals surface area (Å²) in [5.41, 5.74) is -0.286. The molecule has 0 saturated heterocycles. The first kappa shape index (κ1) is 16.9. The van der Waals surface area contributed by atoms with Gasteiger partial charge in [0.2, 0.25) is 0 Å². The van der Waals surface area contributed by atoms with Crippen LogP contribution in [0.2, 0.25) is 0 Å². The molecule has 0 bridgehead atoms. The maximum atomic E-state index is 13.6. The Kier molecular flexibility index (Phi) is 5.69. The van der Waals surface area contributed by atoms with Crippen LogP contribution in [0.15, 0.2) is 18.2 Å². The van der Waals surface area contributed by atoms with E-state index in [-0.39, 0.29) is 30.2 Å². The van der Waals surface area contributed by atoms with Crippen LogP contribution >= 0.6 is 0 Å². The SMILES string of the molecule is CC(=O)c1ccc(OCCNC(=O)OC(C)(C)C)c(F)c1. The van der Waals surface area contributed by atoms with E-state index in [0.717, 1.165) is 6.07 Å². The van der Waals surface area contributed by atoms with Gasteiger partial charge in [-0.15, -0.1) is 0 Å². The first-order valence-electron chi connectivity index (χ1n) is 6.59. The van der Waals surface area contributed by atoms with Crippen molar-refractivity contribution in [1.82, 2.24) is 5.32 Å². The van der Waals surface area contributed by atoms with Crippen LogP contribution in [-0.4, -0.2) is 30.6 Å². The summed E-state index contributed by atoms with van der Waals surface area (Å²) in [5, 5.41) is 2.50. The zero-order valence-corrected chi connectivity index (χ0v) is 12.7. The summed E-state index contributed by atoms with van der Waals surface area (Å²) in [7, 11) is 0. The Bertz CT molecular complexity index is 523. The largest absolute Gasteiger partial charge is 0.489 e. The molecule has 21 heavy (non-hydrogen) atoms. The molecular formula is C15H20FNO4. The summed E-state index contributed by atoms with van der Waals surface area (Å²) in [6.07, 6.45) is -0.557. The molecule has 0 saturated carbocycles. The third kappa shape index (κ3) is 6.25. The molecule has 1 N–H and O–H groups in total. The summed E-state index contributed by atoms with van der Waals surface area (Å²) in [5.74, 6) is -0.794. The maximum absolute atomic E-state index is 13.6. The monoisotopic (exact) mass is 297 g/mol. The topological polar surface area (TPSA) is 64.6 Å². The van der Waals surface area contributed by atoms with Gasteiger partial charge in [0, 0.05) is 5.56 Å². The molecule has 1 aromatic rings. The van der Waals surface area contributed by atoms with Gasteiger partial charge in [-0.25, -0.2) is 9.18 Å². The fourth-order valence-corrected chi connectivity index (χ4v) is 1.47. The molecule has 6 heteroatoms. The summed E-state index contributed by atoms with van der Waals surface area (Å²) in [4.78, 5) is 22.4. The van der Waals surface area contributed by atoms with Crippen LogP contribution in [-0.2, 0) is 4.74 Å². The number of benzene rings is 1. The Balaban J connectivity index is 2.40. The van der Waals surface area contributed by atoms with Crippen molar-refractivity contribution in [2.45, 2.75) is 33.3 Å². The van der Waals surface area contributed by atoms with Crippen molar-refractivity contribution < 1.29 is 23.5 Å². The Labute approximate surface area is 123 Å². The van der Waals surface area contributed by atoms with Gasteiger partial charge in [-0.2, -0.15) is 0 Å². The lowest BCUT2D eigenvalue weighted by Gasteiger charge is -2.19. The average molecular weight is 297 g/mol. The molecule has 0 fully saturated rings. The van der Waals surface area contributed by atoms with Gasteiger partial charge < -0.3 is 14.8 Å². The van der Waals surface area contributed by atoms with E-state index in [1.807, 2.05) is 0 Å². The number of Topliss-reactive ketones (excluding diaryl/α,β-unsaturated/α-hetero) is 1. The van der Waals surface area contributed by atoms with E-state index >= 15 is 0 Å². The van der Waals surface area contributed by atoms with Crippen LogP contribution < -0.4 is 10.1 Å². The van der Waals surface area contributed by atoms with E-state index in [2.05, 4.69) is 5.32 Å². The van der Waals surface area contributed by atoms with Gasteiger partial charge in [-0.05, 0) is 45.9 Å². The molecule has 0 aliphatic carbocycles. The summed E-state index contributed by atoms with van der Waals surface area (Å²) in [6, 6.07) is 4.00. The third-order valence-electron chi connectivity index (χ3n) is 2.37. The molecular weight excluding hydrogens is 277 g/mol. The number of carbonyl (C=O) groups is 2. The minimum absolute atomic E-state index is 0.0333. The number of ketones is 1. The normalized spacial score (nSPS) is 10.9. The van der Waals surface area contributed by atoms with Crippen LogP contribution in [0.5, 0.6) is 5.75 Å². The second-order valence-electron chi connectivity index (χ2n) is 5.48. The van der Waals surface area contributed by atoms with Crippen molar-refractivity contribution in [3.63, 3.8) is 0 Å². The molecule has 0 heterocycles. The molecule has 0 aliphatic rings. The van der Waals surface area contributed by atoms with E-state index in [1.165, 1.54) is 19.1 Å². The van der Waals surface area contributed by atoms with Gasteiger partial charge in [-0.1, -0.05) is 0 Å². The van der Waals surface area contributed by atoms with E-state index in [1.54, 1.807) is 20.8 Å². The van der Waals surface area contributed by atoms with Gasteiger partial charge >= 0.3 is 6.09 Å². The number of nitrogens with one attached hydrogen (secondary N) is 1. The number of amides is 1. The molecule has 1 aromatic carbocycles. The highest BCUT2D eigenvalue weighted by Crippen LogP contribution is 2.18. The number of ether oxygens (including phenoxy) is 2. The zero-order chi connectivity index (χ0) is 16.0. The first-order chi connectivity index (χ1) is 9.69. The Morgan fingerprint density at radius 2 is 1.95 bits per heavy atom. The van der Waals surface area contributed by atoms with Crippen molar-refractivity contribution in [1.29, 1.82) is 0 Å². The lowest BCUT2D eigenvalue weighted by molar-refractivity contribution is 0.0520. The van der Waals surface area contributed by atoms with Gasteiger partial charge in [0.25, 0.3) is 0 Å². The van der Waals surface area contributed by atoms with Crippen molar-refractivity contribution in [3.05, 3.63) is 29.6 Å². The predicted molar refractivity (Wildman–Crippen MR) is 76.1 cm³/mol. The molecule has 0 aromatic heterocycles. The number of hydrogen-bond acceptors (Lipinski definition) is 4. The Morgan fingerprint density at radius 3 is 2.48 bits per heavy atom. The van der Waals surface area contributed by atoms with E-state index in [9.17, 15) is 14.0 Å². The highest BCUT2D eigenvalue weighted by molar-refractivity contribution is 5.94. The molecule has 0 unspecified atom stereocenters. The van der Waals surface area contributed by atoms with Crippen LogP contribution in [0.3, 0.4) is 0 Å². The molecule has 5 nitrogen and oxygen atoms in total. The third-order valence-corrected chi connectivity index (χ3v) is 2.37. The number of rotatable bonds is 5. The van der Waals surface area contributed by atoms with E-state index in [0.29, 0.717) is 0 Å². The fourth-order valence-electron chi connectivity index (χ4n) is 1.47. The van der Waals surface area contributed by atoms with Crippen LogP contribution in [0.1, 0.15) is 38.1 Å². The lowest BCUT2D eigenvalue weighted by Crippen LogP contribution is -2.34. The second kappa shape index (κ2) is 7.06. The summed E-state index contributed by atoms with van der Waals surface area (Å²) >= 11 is 0. The second-order valence-corrected chi connectivity index (χ2v) is 5.48. The molecule has 0 radical (unpaired) electrons. The minimum Gasteiger partial charge on any atom is -0.489 e.